The Hall–Kier alpha value is -2.62. The molecule has 1 aromatic rings. The second-order valence-electron chi connectivity index (χ2n) is 6.61. The molecule has 0 saturated carbocycles. The third kappa shape index (κ3) is 6.22. The molecule has 0 aromatic heterocycles. The first kappa shape index (κ1) is 23.4. The van der Waals surface area contributed by atoms with Crippen LogP contribution in [-0.2, 0) is 9.53 Å². The summed E-state index contributed by atoms with van der Waals surface area (Å²) < 4.78 is 5.10. The molecule has 2 unspecified atom stereocenters. The molecule has 1 aliphatic heterocycles. The van der Waals surface area contributed by atoms with Gasteiger partial charge in [-0.2, -0.15) is 5.10 Å². The van der Waals surface area contributed by atoms with Gasteiger partial charge in [-0.15, -0.1) is 6.58 Å². The van der Waals surface area contributed by atoms with Crippen LogP contribution < -0.4 is 0 Å². The van der Waals surface area contributed by atoms with Gasteiger partial charge in [0.1, 0.15) is 5.92 Å². The van der Waals surface area contributed by atoms with Crippen molar-refractivity contribution in [3.63, 3.8) is 0 Å². The first-order valence-corrected chi connectivity index (χ1v) is 9.89. The largest absolute Gasteiger partial charge is 0.468 e. The maximum Gasteiger partial charge on any atom is 0.317 e. The molecule has 28 heavy (non-hydrogen) atoms. The number of benzene rings is 1. The molecule has 1 aromatic carbocycles. The number of likely N-dealkylation sites (N-methyl/N-ethyl adjacent to an activating group) is 1. The number of carbonyl (C=O) groups is 1. The van der Waals surface area contributed by atoms with E-state index < -0.39 is 5.92 Å². The third-order valence-corrected chi connectivity index (χ3v) is 4.51. The average molecular weight is 383 g/mol. The molecule has 0 spiro atoms. The lowest BCUT2D eigenvalue weighted by Crippen LogP contribution is -2.38. The summed E-state index contributed by atoms with van der Waals surface area (Å²) in [6, 6.07) is 9.70. The molecule has 1 heterocycles. The monoisotopic (exact) mass is 382 g/mol. The number of esters is 1. The van der Waals surface area contributed by atoms with Gasteiger partial charge in [-0.1, -0.05) is 74.4 Å². The Morgan fingerprint density at radius 1 is 1.29 bits per heavy atom. The number of rotatable bonds is 7. The van der Waals surface area contributed by atoms with Crippen LogP contribution in [0.5, 0.6) is 0 Å². The minimum Gasteiger partial charge on any atom is -0.468 e. The van der Waals surface area contributed by atoms with Gasteiger partial charge < -0.3 is 4.74 Å². The number of methoxy groups -OCH3 is 1. The lowest BCUT2D eigenvalue weighted by Gasteiger charge is -2.25. The van der Waals surface area contributed by atoms with Gasteiger partial charge >= 0.3 is 5.97 Å². The Labute approximate surface area is 170 Å². The molecule has 2 atom stereocenters. The molecule has 0 fully saturated rings. The van der Waals surface area contributed by atoms with Crippen molar-refractivity contribution in [1.82, 2.24) is 5.01 Å². The molecule has 0 radical (unpaired) electrons. The molecule has 4 heteroatoms. The van der Waals surface area contributed by atoms with E-state index in [-0.39, 0.29) is 12.0 Å². The SMILES string of the molecule is C/C=C(\C=C/CCCC)C1C(C(=O)OC)C(c2ccccc2)=NN1C.C=CC. The molecule has 0 N–H and O–H groups in total. The summed E-state index contributed by atoms with van der Waals surface area (Å²) in [6.45, 7) is 9.44. The fourth-order valence-corrected chi connectivity index (χ4v) is 3.19. The lowest BCUT2D eigenvalue weighted by molar-refractivity contribution is -0.143. The first-order chi connectivity index (χ1) is 13.5. The van der Waals surface area contributed by atoms with Crippen LogP contribution in [0.4, 0.5) is 0 Å². The van der Waals surface area contributed by atoms with Crippen molar-refractivity contribution in [3.8, 4) is 0 Å². The van der Waals surface area contributed by atoms with E-state index in [1.165, 1.54) is 20.0 Å². The Kier molecular flexibility index (Phi) is 10.6. The minimum absolute atomic E-state index is 0.148. The normalized spacial score (nSPS) is 19.1. The van der Waals surface area contributed by atoms with Gasteiger partial charge in [0, 0.05) is 7.05 Å². The zero-order chi connectivity index (χ0) is 20.9. The van der Waals surface area contributed by atoms with Crippen molar-refractivity contribution in [2.45, 2.75) is 46.1 Å². The molecule has 2 rings (SSSR count). The highest BCUT2D eigenvalue weighted by Gasteiger charge is 2.43. The van der Waals surface area contributed by atoms with Crippen molar-refractivity contribution < 1.29 is 9.53 Å². The van der Waals surface area contributed by atoms with Gasteiger partial charge in [0.25, 0.3) is 0 Å². The molecule has 152 valence electrons. The number of allylic oxidation sites excluding steroid dienone is 3. The van der Waals surface area contributed by atoms with E-state index in [2.05, 4.69) is 36.8 Å². The van der Waals surface area contributed by atoms with Crippen LogP contribution in [0.15, 0.2) is 71.9 Å². The van der Waals surface area contributed by atoms with Gasteiger partial charge in [-0.25, -0.2) is 0 Å². The van der Waals surface area contributed by atoms with Crippen molar-refractivity contribution in [3.05, 3.63) is 72.4 Å². The molecular formula is C24H34N2O2. The highest BCUT2D eigenvalue weighted by Crippen LogP contribution is 2.31. The summed E-state index contributed by atoms with van der Waals surface area (Å²) in [5.74, 6) is -0.683. The summed E-state index contributed by atoms with van der Waals surface area (Å²) >= 11 is 0. The fraction of sp³-hybridized carbons (Fsp3) is 0.417. The summed E-state index contributed by atoms with van der Waals surface area (Å²) in [4.78, 5) is 12.6. The maximum atomic E-state index is 12.6. The highest BCUT2D eigenvalue weighted by molar-refractivity contribution is 6.13. The van der Waals surface area contributed by atoms with Gasteiger partial charge in [-0.05, 0) is 31.4 Å². The highest BCUT2D eigenvalue weighted by atomic mass is 16.5. The topological polar surface area (TPSA) is 41.9 Å². The smallest absolute Gasteiger partial charge is 0.317 e. The summed E-state index contributed by atoms with van der Waals surface area (Å²) in [5, 5.41) is 6.56. The van der Waals surface area contributed by atoms with Gasteiger partial charge in [0.15, 0.2) is 0 Å². The summed E-state index contributed by atoms with van der Waals surface area (Å²) in [5.41, 5.74) is 2.81. The third-order valence-electron chi connectivity index (χ3n) is 4.51. The van der Waals surface area contributed by atoms with Gasteiger partial charge in [-0.3, -0.25) is 9.80 Å². The fourth-order valence-electron chi connectivity index (χ4n) is 3.19. The van der Waals surface area contributed by atoms with Crippen LogP contribution in [0.1, 0.15) is 45.6 Å². The molecule has 0 saturated heterocycles. The number of hydrogen-bond donors (Lipinski definition) is 0. The standard InChI is InChI=1S/C21H28N2O2.C3H6/c1-5-7-8-10-13-16(6-2)20-18(21(24)25-4)19(22-23(20)3)17-14-11-9-12-15-17;1-3-2/h6,9-15,18,20H,5,7-8H2,1-4H3;3H,1H2,2H3/b13-10-,16-6+;. The van der Waals surface area contributed by atoms with Crippen LogP contribution in [0, 0.1) is 5.92 Å². The summed E-state index contributed by atoms with van der Waals surface area (Å²) in [7, 11) is 3.35. The second-order valence-corrected chi connectivity index (χ2v) is 6.61. The Morgan fingerprint density at radius 2 is 1.93 bits per heavy atom. The van der Waals surface area contributed by atoms with Crippen LogP contribution in [0.3, 0.4) is 0 Å². The average Bonchev–Trinajstić information content (AvgIpc) is 3.06. The number of hydrogen-bond acceptors (Lipinski definition) is 4. The van der Waals surface area contributed by atoms with E-state index in [9.17, 15) is 4.79 Å². The first-order valence-electron chi connectivity index (χ1n) is 9.89. The quantitative estimate of drug-likeness (QED) is 0.275. The van der Waals surface area contributed by atoms with Crippen LogP contribution >= 0.6 is 0 Å². The molecule has 0 bridgehead atoms. The van der Waals surface area contributed by atoms with E-state index in [1.54, 1.807) is 6.08 Å². The number of ether oxygens (including phenoxy) is 1. The number of carbonyl (C=O) groups excluding carboxylic acids is 1. The van der Waals surface area contributed by atoms with Crippen molar-refractivity contribution >= 4 is 11.7 Å². The molecule has 1 aliphatic rings. The van der Waals surface area contributed by atoms with E-state index in [0.717, 1.165) is 23.3 Å². The van der Waals surface area contributed by atoms with Crippen LogP contribution in [0.25, 0.3) is 0 Å². The van der Waals surface area contributed by atoms with Crippen LogP contribution in [0.2, 0.25) is 0 Å². The Bertz CT molecular complexity index is 705. The predicted octanol–water partition coefficient (Wildman–Crippen LogP) is 5.38. The van der Waals surface area contributed by atoms with E-state index in [4.69, 9.17) is 4.74 Å². The van der Waals surface area contributed by atoms with E-state index >= 15 is 0 Å². The van der Waals surface area contributed by atoms with Gasteiger partial charge in [0.05, 0.1) is 18.9 Å². The van der Waals surface area contributed by atoms with Crippen molar-refractivity contribution in [1.29, 1.82) is 0 Å². The second kappa shape index (κ2) is 12.7. The van der Waals surface area contributed by atoms with Crippen molar-refractivity contribution in [2.24, 2.45) is 11.0 Å². The number of nitrogens with zero attached hydrogens (tertiary/aromatic N) is 2. The van der Waals surface area contributed by atoms with Crippen LogP contribution in [-0.4, -0.2) is 36.9 Å². The zero-order valence-corrected chi connectivity index (χ0v) is 17.9. The molecule has 0 aliphatic carbocycles. The number of unbranched alkanes of at least 4 members (excludes halogenated alkanes) is 2. The van der Waals surface area contributed by atoms with Gasteiger partial charge in [0.2, 0.25) is 0 Å². The lowest BCUT2D eigenvalue weighted by atomic mass is 9.86. The molecule has 4 nitrogen and oxygen atoms in total. The van der Waals surface area contributed by atoms with Crippen molar-refractivity contribution in [2.75, 3.05) is 14.2 Å². The van der Waals surface area contributed by atoms with E-state index in [0.29, 0.717) is 0 Å². The molecule has 0 amide bonds. The predicted molar refractivity (Wildman–Crippen MR) is 118 cm³/mol. The maximum absolute atomic E-state index is 12.6. The number of hydrazone groups is 1. The zero-order valence-electron chi connectivity index (χ0n) is 17.9. The Balaban J connectivity index is 0.00000122. The summed E-state index contributed by atoms with van der Waals surface area (Å²) in [6.07, 6.45) is 11.5. The Morgan fingerprint density at radius 3 is 2.46 bits per heavy atom. The van der Waals surface area contributed by atoms with E-state index in [1.807, 2.05) is 56.2 Å². The molecular weight excluding hydrogens is 348 g/mol. The minimum atomic E-state index is -0.431.